The van der Waals surface area contributed by atoms with Gasteiger partial charge in [-0.05, 0) is 43.0 Å². The molecule has 1 rings (SSSR count). The Hall–Kier alpha value is -0.160. The van der Waals surface area contributed by atoms with Crippen LogP contribution in [0.3, 0.4) is 0 Å². The molecule has 1 unspecified atom stereocenters. The summed E-state index contributed by atoms with van der Waals surface area (Å²) >= 11 is 9.02. The molecular weight excluding hydrogens is 294 g/mol. The quantitative estimate of drug-likeness (QED) is 0.482. The Balaban J connectivity index is 2.65. The van der Waals surface area contributed by atoms with Crippen LogP contribution in [0.15, 0.2) is 22.7 Å². The maximum atomic E-state index is 13.1. The number of hydrogen-bond donors (Lipinski definition) is 2. The van der Waals surface area contributed by atoms with Gasteiger partial charge in [-0.3, -0.25) is 11.3 Å². The molecule has 0 spiro atoms. The molecule has 5 heteroatoms. The van der Waals surface area contributed by atoms with Crippen LogP contribution in [0.4, 0.5) is 4.39 Å². The highest BCUT2D eigenvalue weighted by Gasteiger charge is 2.10. The van der Waals surface area contributed by atoms with Crippen molar-refractivity contribution in [2.75, 3.05) is 5.88 Å². The number of nitrogens with one attached hydrogen (secondary N) is 1. The molecule has 90 valence electrons. The first-order chi connectivity index (χ1) is 7.67. The largest absolute Gasteiger partial charge is 0.271 e. The third-order valence-electron chi connectivity index (χ3n) is 2.40. The fourth-order valence-corrected chi connectivity index (χ4v) is 2.10. The minimum absolute atomic E-state index is 0.122. The van der Waals surface area contributed by atoms with Crippen LogP contribution in [-0.2, 0) is 6.42 Å². The summed E-state index contributed by atoms with van der Waals surface area (Å²) in [4.78, 5) is 0. The van der Waals surface area contributed by atoms with Crippen LogP contribution in [0.1, 0.15) is 18.4 Å². The minimum atomic E-state index is -0.230. The monoisotopic (exact) mass is 308 g/mol. The van der Waals surface area contributed by atoms with E-state index in [0.717, 1.165) is 22.9 Å². The number of hydrazine groups is 1. The predicted octanol–water partition coefficient (Wildman–Crippen LogP) is 2.98. The Bertz CT molecular complexity index is 336. The molecule has 0 aliphatic heterocycles. The van der Waals surface area contributed by atoms with Gasteiger partial charge in [-0.15, -0.1) is 11.6 Å². The molecule has 0 amide bonds. The molecule has 0 fully saturated rings. The van der Waals surface area contributed by atoms with Crippen molar-refractivity contribution in [2.45, 2.75) is 25.3 Å². The molecule has 0 radical (unpaired) electrons. The van der Waals surface area contributed by atoms with Gasteiger partial charge in [-0.2, -0.15) is 0 Å². The smallest absolute Gasteiger partial charge is 0.123 e. The van der Waals surface area contributed by atoms with Gasteiger partial charge in [0.1, 0.15) is 5.82 Å². The molecule has 0 bridgehead atoms. The van der Waals surface area contributed by atoms with E-state index in [0.29, 0.717) is 12.3 Å². The van der Waals surface area contributed by atoms with E-state index in [1.807, 2.05) is 0 Å². The molecular formula is C11H15BrClFN2. The summed E-state index contributed by atoms with van der Waals surface area (Å²) in [5.74, 6) is 5.83. The van der Waals surface area contributed by atoms with Crippen molar-refractivity contribution in [2.24, 2.45) is 5.84 Å². The summed E-state index contributed by atoms with van der Waals surface area (Å²) in [6.45, 7) is 0. The molecule has 2 nitrogen and oxygen atoms in total. The number of nitrogens with two attached hydrogens (primary N) is 1. The Labute approximate surface area is 108 Å². The van der Waals surface area contributed by atoms with Gasteiger partial charge >= 0.3 is 0 Å². The van der Waals surface area contributed by atoms with Crippen LogP contribution in [-0.4, -0.2) is 11.9 Å². The van der Waals surface area contributed by atoms with Gasteiger partial charge in [-0.1, -0.05) is 15.9 Å². The average Bonchev–Trinajstić information content (AvgIpc) is 2.28. The van der Waals surface area contributed by atoms with Gasteiger partial charge in [0.05, 0.1) is 0 Å². The lowest BCUT2D eigenvalue weighted by molar-refractivity contribution is 0.485. The highest BCUT2D eigenvalue weighted by atomic mass is 79.9. The van der Waals surface area contributed by atoms with Crippen LogP contribution in [0.2, 0.25) is 0 Å². The molecule has 1 atom stereocenters. The van der Waals surface area contributed by atoms with Crippen molar-refractivity contribution >= 4 is 27.5 Å². The summed E-state index contributed by atoms with van der Waals surface area (Å²) in [6.07, 6.45) is 2.46. The Morgan fingerprint density at radius 3 is 2.88 bits per heavy atom. The summed E-state index contributed by atoms with van der Waals surface area (Å²) in [5, 5.41) is 0. The SMILES string of the molecule is NNC(CCCCl)Cc1cc(F)ccc1Br. The first-order valence-electron chi connectivity index (χ1n) is 5.13. The van der Waals surface area contributed by atoms with Gasteiger partial charge in [0.2, 0.25) is 0 Å². The second kappa shape index (κ2) is 7.22. The predicted molar refractivity (Wildman–Crippen MR) is 68.9 cm³/mol. The van der Waals surface area contributed by atoms with Crippen molar-refractivity contribution in [3.8, 4) is 0 Å². The fourth-order valence-electron chi connectivity index (χ4n) is 1.53. The molecule has 3 N–H and O–H groups in total. The molecule has 1 aromatic rings. The summed E-state index contributed by atoms with van der Waals surface area (Å²) < 4.78 is 14.0. The Kier molecular flexibility index (Phi) is 6.28. The lowest BCUT2D eigenvalue weighted by Gasteiger charge is -2.16. The third-order valence-corrected chi connectivity index (χ3v) is 3.44. The first kappa shape index (κ1) is 13.9. The average molecular weight is 310 g/mol. The number of rotatable bonds is 6. The van der Waals surface area contributed by atoms with E-state index >= 15 is 0 Å². The zero-order valence-corrected chi connectivity index (χ0v) is 11.2. The van der Waals surface area contributed by atoms with E-state index < -0.39 is 0 Å². The molecule has 0 saturated carbocycles. The molecule has 16 heavy (non-hydrogen) atoms. The zero-order chi connectivity index (χ0) is 12.0. The van der Waals surface area contributed by atoms with Crippen LogP contribution >= 0.6 is 27.5 Å². The van der Waals surface area contributed by atoms with Crippen molar-refractivity contribution < 1.29 is 4.39 Å². The maximum absolute atomic E-state index is 13.1. The Morgan fingerprint density at radius 2 is 2.25 bits per heavy atom. The molecule has 0 aromatic heterocycles. The minimum Gasteiger partial charge on any atom is -0.271 e. The fraction of sp³-hybridized carbons (Fsp3) is 0.455. The van der Waals surface area contributed by atoms with Gasteiger partial charge in [0.25, 0.3) is 0 Å². The van der Waals surface area contributed by atoms with Crippen molar-refractivity contribution in [1.29, 1.82) is 0 Å². The normalized spacial score (nSPS) is 12.8. The third kappa shape index (κ3) is 4.37. The Morgan fingerprint density at radius 1 is 1.50 bits per heavy atom. The number of halogens is 3. The van der Waals surface area contributed by atoms with E-state index in [1.165, 1.54) is 12.1 Å². The van der Waals surface area contributed by atoms with Gasteiger partial charge in [0, 0.05) is 16.4 Å². The topological polar surface area (TPSA) is 38.0 Å². The van der Waals surface area contributed by atoms with Crippen LogP contribution in [0, 0.1) is 5.82 Å². The van der Waals surface area contributed by atoms with Crippen molar-refractivity contribution in [3.05, 3.63) is 34.1 Å². The van der Waals surface area contributed by atoms with Crippen molar-refractivity contribution in [3.63, 3.8) is 0 Å². The molecule has 0 heterocycles. The molecule has 1 aromatic carbocycles. The summed E-state index contributed by atoms with van der Waals surface area (Å²) in [5.41, 5.74) is 3.64. The van der Waals surface area contributed by atoms with Gasteiger partial charge in [-0.25, -0.2) is 4.39 Å². The summed E-state index contributed by atoms with van der Waals surface area (Å²) in [6, 6.07) is 4.78. The van der Waals surface area contributed by atoms with E-state index in [2.05, 4.69) is 21.4 Å². The molecule has 0 saturated heterocycles. The van der Waals surface area contributed by atoms with E-state index in [4.69, 9.17) is 17.4 Å². The van der Waals surface area contributed by atoms with E-state index in [-0.39, 0.29) is 11.9 Å². The van der Waals surface area contributed by atoms with Crippen LogP contribution < -0.4 is 11.3 Å². The number of hydrogen-bond acceptors (Lipinski definition) is 2. The van der Waals surface area contributed by atoms with Crippen molar-refractivity contribution in [1.82, 2.24) is 5.43 Å². The second-order valence-electron chi connectivity index (χ2n) is 3.63. The highest BCUT2D eigenvalue weighted by Crippen LogP contribution is 2.20. The number of alkyl halides is 1. The summed E-state index contributed by atoms with van der Waals surface area (Å²) in [7, 11) is 0. The maximum Gasteiger partial charge on any atom is 0.123 e. The molecule has 0 aliphatic carbocycles. The zero-order valence-electron chi connectivity index (χ0n) is 8.85. The van der Waals surface area contributed by atoms with Gasteiger partial charge < -0.3 is 0 Å². The second-order valence-corrected chi connectivity index (χ2v) is 4.87. The van der Waals surface area contributed by atoms with E-state index in [1.54, 1.807) is 6.07 Å². The van der Waals surface area contributed by atoms with Crippen LogP contribution in [0.5, 0.6) is 0 Å². The highest BCUT2D eigenvalue weighted by molar-refractivity contribution is 9.10. The van der Waals surface area contributed by atoms with E-state index in [9.17, 15) is 4.39 Å². The standard InChI is InChI=1S/C11H15BrClFN2/c12-11-4-3-9(14)6-8(11)7-10(16-15)2-1-5-13/h3-4,6,10,16H,1-2,5,7,15H2. The van der Waals surface area contributed by atoms with Gasteiger partial charge in [0.15, 0.2) is 0 Å². The van der Waals surface area contributed by atoms with Crippen LogP contribution in [0.25, 0.3) is 0 Å². The first-order valence-corrected chi connectivity index (χ1v) is 6.46. The lowest BCUT2D eigenvalue weighted by Crippen LogP contribution is -2.36. The lowest BCUT2D eigenvalue weighted by atomic mass is 10.0. The molecule has 0 aliphatic rings. The number of benzene rings is 1.